The molecule has 0 bridgehead atoms. The molecular weight excluding hydrogens is 238 g/mol. The van der Waals surface area contributed by atoms with Crippen molar-refractivity contribution in [2.45, 2.75) is 12.2 Å². The Hall–Kier alpha value is -1.36. The minimum absolute atomic E-state index is 0.179. The number of hydrogen-bond donors (Lipinski definition) is 1. The van der Waals surface area contributed by atoms with E-state index in [0.717, 1.165) is 22.8 Å². The normalized spacial score (nSPS) is 10.0. The minimum Gasteiger partial charge on any atom is -0.496 e. The van der Waals surface area contributed by atoms with Gasteiger partial charge < -0.3 is 15.2 Å². The molecule has 0 amide bonds. The maximum Gasteiger partial charge on any atom is 0.306 e. The summed E-state index contributed by atoms with van der Waals surface area (Å²) >= 11 is 1.66. The summed E-state index contributed by atoms with van der Waals surface area (Å²) in [6.07, 6.45) is 0.429. The van der Waals surface area contributed by atoms with Crippen LogP contribution in [0.1, 0.15) is 12.0 Å². The van der Waals surface area contributed by atoms with Gasteiger partial charge in [-0.15, -0.1) is 0 Å². The third-order valence-electron chi connectivity index (χ3n) is 2.25. The van der Waals surface area contributed by atoms with Crippen molar-refractivity contribution >= 4 is 23.4 Å². The molecule has 0 aromatic heterocycles. The van der Waals surface area contributed by atoms with E-state index in [1.54, 1.807) is 24.9 Å². The molecule has 0 aliphatic rings. The molecule has 1 aromatic carbocycles. The van der Waals surface area contributed by atoms with Crippen LogP contribution >= 0.6 is 11.8 Å². The number of esters is 1. The zero-order valence-corrected chi connectivity index (χ0v) is 10.9. The summed E-state index contributed by atoms with van der Waals surface area (Å²) in [6, 6.07) is 5.59. The van der Waals surface area contributed by atoms with Gasteiger partial charge in [0.25, 0.3) is 0 Å². The average Bonchev–Trinajstić information content (AvgIpc) is 2.35. The van der Waals surface area contributed by atoms with Crippen molar-refractivity contribution in [2.75, 3.05) is 25.7 Å². The molecule has 0 radical (unpaired) electrons. The standard InChI is InChI=1S/C12H17NO3S/c1-15-11-7-10(13)4-3-9(11)8-17-6-5-12(14)16-2/h3-4,7H,5-6,8,13H2,1-2H3. The lowest BCUT2D eigenvalue weighted by molar-refractivity contribution is -0.140. The van der Waals surface area contributed by atoms with Gasteiger partial charge in [0.05, 0.1) is 20.6 Å². The lowest BCUT2D eigenvalue weighted by Crippen LogP contribution is -2.01. The van der Waals surface area contributed by atoms with E-state index in [9.17, 15) is 4.79 Å². The molecule has 0 aliphatic carbocycles. The van der Waals surface area contributed by atoms with Crippen molar-refractivity contribution in [3.63, 3.8) is 0 Å². The van der Waals surface area contributed by atoms with Crippen molar-refractivity contribution < 1.29 is 14.3 Å². The Balaban J connectivity index is 2.43. The highest BCUT2D eigenvalue weighted by Crippen LogP contribution is 2.25. The van der Waals surface area contributed by atoms with Crippen molar-refractivity contribution in [1.29, 1.82) is 0 Å². The number of benzene rings is 1. The molecule has 0 aliphatic heterocycles. The number of hydrogen-bond acceptors (Lipinski definition) is 5. The number of thioether (sulfide) groups is 1. The Labute approximate surface area is 105 Å². The zero-order chi connectivity index (χ0) is 12.7. The second-order valence-electron chi connectivity index (χ2n) is 3.45. The van der Waals surface area contributed by atoms with E-state index < -0.39 is 0 Å². The highest BCUT2D eigenvalue weighted by molar-refractivity contribution is 7.98. The minimum atomic E-state index is -0.179. The molecular formula is C12H17NO3S. The van der Waals surface area contributed by atoms with Crippen LogP contribution in [0.25, 0.3) is 0 Å². The van der Waals surface area contributed by atoms with E-state index in [2.05, 4.69) is 4.74 Å². The first kappa shape index (κ1) is 13.7. The van der Waals surface area contributed by atoms with Gasteiger partial charge in [-0.1, -0.05) is 6.07 Å². The summed E-state index contributed by atoms with van der Waals surface area (Å²) in [5.41, 5.74) is 7.43. The summed E-state index contributed by atoms with van der Waals surface area (Å²) in [4.78, 5) is 10.9. The van der Waals surface area contributed by atoms with Crippen LogP contribution in [-0.4, -0.2) is 25.9 Å². The predicted molar refractivity (Wildman–Crippen MR) is 70.2 cm³/mol. The number of methoxy groups -OCH3 is 2. The van der Waals surface area contributed by atoms with Gasteiger partial charge in [0.15, 0.2) is 0 Å². The lowest BCUT2D eigenvalue weighted by Gasteiger charge is -2.08. The number of ether oxygens (including phenoxy) is 2. The van der Waals surface area contributed by atoms with E-state index in [4.69, 9.17) is 10.5 Å². The highest BCUT2D eigenvalue weighted by atomic mass is 32.2. The summed E-state index contributed by atoms with van der Waals surface area (Å²) in [6.45, 7) is 0. The van der Waals surface area contributed by atoms with Crippen LogP contribution < -0.4 is 10.5 Å². The zero-order valence-electron chi connectivity index (χ0n) is 10.1. The largest absolute Gasteiger partial charge is 0.496 e. The highest BCUT2D eigenvalue weighted by Gasteiger charge is 2.05. The monoisotopic (exact) mass is 255 g/mol. The van der Waals surface area contributed by atoms with E-state index in [1.165, 1.54) is 7.11 Å². The van der Waals surface area contributed by atoms with Crippen LogP contribution in [-0.2, 0) is 15.3 Å². The molecule has 0 saturated carbocycles. The Morgan fingerprint density at radius 2 is 2.18 bits per heavy atom. The maximum absolute atomic E-state index is 10.9. The van der Waals surface area contributed by atoms with Crippen molar-refractivity contribution in [3.8, 4) is 5.75 Å². The molecule has 0 atom stereocenters. The van der Waals surface area contributed by atoms with Gasteiger partial charge in [0.2, 0.25) is 0 Å². The van der Waals surface area contributed by atoms with Crippen molar-refractivity contribution in [1.82, 2.24) is 0 Å². The fourth-order valence-electron chi connectivity index (χ4n) is 1.32. The summed E-state index contributed by atoms with van der Waals surface area (Å²) in [5.74, 6) is 2.14. The SMILES string of the molecule is COC(=O)CCSCc1ccc(N)cc1OC. The summed E-state index contributed by atoms with van der Waals surface area (Å²) in [5, 5.41) is 0. The fraction of sp³-hybridized carbons (Fsp3) is 0.417. The first-order valence-corrected chi connectivity index (χ1v) is 6.39. The first-order chi connectivity index (χ1) is 8.17. The van der Waals surface area contributed by atoms with E-state index in [0.29, 0.717) is 12.1 Å². The average molecular weight is 255 g/mol. The molecule has 1 aromatic rings. The van der Waals surface area contributed by atoms with Gasteiger partial charge >= 0.3 is 5.97 Å². The molecule has 0 heterocycles. The van der Waals surface area contributed by atoms with E-state index in [-0.39, 0.29) is 5.97 Å². The van der Waals surface area contributed by atoms with Gasteiger partial charge in [-0.25, -0.2) is 0 Å². The molecule has 0 spiro atoms. The third kappa shape index (κ3) is 4.56. The van der Waals surface area contributed by atoms with Crippen LogP contribution in [0.4, 0.5) is 5.69 Å². The smallest absolute Gasteiger partial charge is 0.306 e. The molecule has 0 saturated heterocycles. The van der Waals surface area contributed by atoms with Crippen molar-refractivity contribution in [2.24, 2.45) is 0 Å². The number of nitrogens with two attached hydrogens (primary N) is 1. The third-order valence-corrected chi connectivity index (χ3v) is 3.25. The number of carbonyl (C=O) groups is 1. The van der Waals surface area contributed by atoms with Crippen LogP contribution in [0, 0.1) is 0 Å². The van der Waals surface area contributed by atoms with E-state index >= 15 is 0 Å². The molecule has 0 fully saturated rings. The number of nitrogen functional groups attached to an aromatic ring is 1. The lowest BCUT2D eigenvalue weighted by atomic mass is 10.2. The van der Waals surface area contributed by atoms with Gasteiger partial charge in [0, 0.05) is 28.8 Å². The maximum atomic E-state index is 10.9. The summed E-state index contributed by atoms with van der Waals surface area (Å²) in [7, 11) is 3.02. The fourth-order valence-corrected chi connectivity index (χ4v) is 2.23. The molecule has 2 N–H and O–H groups in total. The Bertz CT molecular complexity index is 382. The predicted octanol–water partition coefficient (Wildman–Crippen LogP) is 2.07. The van der Waals surface area contributed by atoms with Gasteiger partial charge in [0.1, 0.15) is 5.75 Å². The first-order valence-electron chi connectivity index (χ1n) is 5.24. The van der Waals surface area contributed by atoms with Crippen LogP contribution in [0.15, 0.2) is 18.2 Å². The van der Waals surface area contributed by atoms with Crippen molar-refractivity contribution in [3.05, 3.63) is 23.8 Å². The molecule has 17 heavy (non-hydrogen) atoms. The Kier molecular flexibility index (Phi) is 5.69. The van der Waals surface area contributed by atoms with Gasteiger partial charge in [-0.2, -0.15) is 11.8 Å². The topological polar surface area (TPSA) is 61.5 Å². The Morgan fingerprint density at radius 3 is 2.82 bits per heavy atom. The van der Waals surface area contributed by atoms with Gasteiger partial charge in [-0.05, 0) is 6.07 Å². The molecule has 1 rings (SSSR count). The molecule has 4 nitrogen and oxygen atoms in total. The van der Waals surface area contributed by atoms with Crippen LogP contribution in [0.5, 0.6) is 5.75 Å². The summed E-state index contributed by atoms with van der Waals surface area (Å²) < 4.78 is 9.81. The van der Waals surface area contributed by atoms with Crippen LogP contribution in [0.2, 0.25) is 0 Å². The van der Waals surface area contributed by atoms with Crippen LogP contribution in [0.3, 0.4) is 0 Å². The second-order valence-corrected chi connectivity index (χ2v) is 4.56. The number of anilines is 1. The number of rotatable bonds is 6. The number of carbonyl (C=O) groups excluding carboxylic acids is 1. The Morgan fingerprint density at radius 1 is 1.41 bits per heavy atom. The molecule has 0 unspecified atom stereocenters. The quantitative estimate of drug-likeness (QED) is 0.479. The van der Waals surface area contributed by atoms with Gasteiger partial charge in [-0.3, -0.25) is 4.79 Å². The molecule has 94 valence electrons. The second kappa shape index (κ2) is 7.06. The molecule has 5 heteroatoms. The van der Waals surface area contributed by atoms with E-state index in [1.807, 2.05) is 12.1 Å².